The third kappa shape index (κ3) is 6.64. The molecule has 4 nitrogen and oxygen atoms in total. The zero-order chi connectivity index (χ0) is 19.6. The molecule has 3 rings (SSSR count). The topological polar surface area (TPSA) is 41.6 Å². The van der Waals surface area contributed by atoms with Crippen molar-refractivity contribution >= 4 is 5.91 Å². The number of benzene rings is 2. The van der Waals surface area contributed by atoms with E-state index in [4.69, 9.17) is 4.74 Å². The first-order valence-corrected chi connectivity index (χ1v) is 10.1. The third-order valence-corrected chi connectivity index (χ3v) is 5.08. The maximum Gasteiger partial charge on any atom is 0.220 e. The highest BCUT2D eigenvalue weighted by Crippen LogP contribution is 2.18. The minimum Gasteiger partial charge on any atom is -0.491 e. The van der Waals surface area contributed by atoms with Gasteiger partial charge in [-0.05, 0) is 49.4 Å². The lowest BCUT2D eigenvalue weighted by molar-refractivity contribution is -0.121. The molecule has 28 heavy (non-hydrogen) atoms. The second kappa shape index (κ2) is 10.8. The fourth-order valence-electron chi connectivity index (χ4n) is 3.63. The van der Waals surface area contributed by atoms with Crippen LogP contribution in [0.2, 0.25) is 0 Å². The van der Waals surface area contributed by atoms with Crippen LogP contribution in [0.25, 0.3) is 0 Å². The number of nitrogens with zero attached hydrogens (tertiary/aromatic N) is 1. The Morgan fingerprint density at radius 2 is 1.93 bits per heavy atom. The van der Waals surface area contributed by atoms with Crippen molar-refractivity contribution in [1.82, 2.24) is 10.2 Å². The number of hydrogen-bond donors (Lipinski definition) is 1. The Hall–Kier alpha value is -2.40. The van der Waals surface area contributed by atoms with Crippen molar-refractivity contribution in [3.05, 3.63) is 66.0 Å². The van der Waals surface area contributed by atoms with Crippen molar-refractivity contribution in [2.45, 2.75) is 32.2 Å². The van der Waals surface area contributed by atoms with Crippen LogP contribution < -0.4 is 10.1 Å². The van der Waals surface area contributed by atoms with Crippen molar-refractivity contribution in [3.63, 3.8) is 0 Å². The van der Waals surface area contributed by atoms with E-state index in [1.165, 1.54) is 18.1 Å². The fraction of sp³-hybridized carbons (Fsp3) is 0.435. The number of ether oxygens (including phenoxy) is 1. The number of piperidine rings is 1. The molecule has 2 aromatic carbocycles. The Balaban J connectivity index is 1.31. The standard InChI is InChI=1S/C23H29FN2O2/c24-21-11-4-5-12-22(21)28-15-7-13-23(27)25-16-20-10-6-14-26(18-20)17-19-8-2-1-3-9-19/h1-5,8-9,11-12,20H,6-7,10,13-18H2,(H,25,27). The van der Waals surface area contributed by atoms with Crippen molar-refractivity contribution in [2.75, 3.05) is 26.2 Å². The van der Waals surface area contributed by atoms with Gasteiger partial charge in [0.05, 0.1) is 6.61 Å². The Bertz CT molecular complexity index is 738. The zero-order valence-corrected chi connectivity index (χ0v) is 16.3. The first-order valence-electron chi connectivity index (χ1n) is 10.1. The first-order chi connectivity index (χ1) is 13.7. The summed E-state index contributed by atoms with van der Waals surface area (Å²) in [5.41, 5.74) is 1.34. The highest BCUT2D eigenvalue weighted by atomic mass is 19.1. The molecule has 0 radical (unpaired) electrons. The molecule has 1 aliphatic rings. The van der Waals surface area contributed by atoms with Crippen LogP contribution in [-0.2, 0) is 11.3 Å². The van der Waals surface area contributed by atoms with Crippen LogP contribution in [0.15, 0.2) is 54.6 Å². The summed E-state index contributed by atoms with van der Waals surface area (Å²) in [6.45, 7) is 4.16. The van der Waals surface area contributed by atoms with Gasteiger partial charge >= 0.3 is 0 Å². The zero-order valence-electron chi connectivity index (χ0n) is 16.3. The molecule has 5 heteroatoms. The second-order valence-electron chi connectivity index (χ2n) is 7.42. The molecule has 150 valence electrons. The van der Waals surface area contributed by atoms with Gasteiger partial charge in [0.15, 0.2) is 11.6 Å². The lowest BCUT2D eigenvalue weighted by Gasteiger charge is -2.32. The van der Waals surface area contributed by atoms with Crippen LogP contribution in [-0.4, -0.2) is 37.0 Å². The van der Waals surface area contributed by atoms with Gasteiger partial charge in [0.1, 0.15) is 0 Å². The molecule has 1 aliphatic heterocycles. The summed E-state index contributed by atoms with van der Waals surface area (Å²) < 4.78 is 18.9. The van der Waals surface area contributed by atoms with Gasteiger partial charge in [0, 0.05) is 26.1 Å². The van der Waals surface area contributed by atoms with Crippen LogP contribution in [0.4, 0.5) is 4.39 Å². The molecule has 1 N–H and O–H groups in total. The lowest BCUT2D eigenvalue weighted by Crippen LogP contribution is -2.40. The van der Waals surface area contributed by atoms with E-state index in [2.05, 4.69) is 34.5 Å². The molecule has 1 amide bonds. The number of para-hydroxylation sites is 1. The van der Waals surface area contributed by atoms with Gasteiger partial charge in [-0.3, -0.25) is 9.69 Å². The van der Waals surface area contributed by atoms with Gasteiger partial charge in [-0.2, -0.15) is 0 Å². The van der Waals surface area contributed by atoms with Crippen LogP contribution >= 0.6 is 0 Å². The van der Waals surface area contributed by atoms with Crippen LogP contribution in [0.3, 0.4) is 0 Å². The van der Waals surface area contributed by atoms with Gasteiger partial charge in [0.25, 0.3) is 0 Å². The summed E-state index contributed by atoms with van der Waals surface area (Å²) in [6, 6.07) is 16.8. The number of amides is 1. The molecule has 0 bridgehead atoms. The minimum atomic E-state index is -0.371. The maximum atomic E-state index is 13.5. The number of nitrogens with one attached hydrogen (secondary N) is 1. The highest BCUT2D eigenvalue weighted by molar-refractivity contribution is 5.75. The molecule has 0 spiro atoms. The second-order valence-corrected chi connectivity index (χ2v) is 7.42. The molecule has 2 aromatic rings. The van der Waals surface area contributed by atoms with Crippen molar-refractivity contribution in [1.29, 1.82) is 0 Å². The van der Waals surface area contributed by atoms with Crippen LogP contribution in [0.5, 0.6) is 5.75 Å². The lowest BCUT2D eigenvalue weighted by atomic mass is 9.97. The molecule has 0 aromatic heterocycles. The summed E-state index contributed by atoms with van der Waals surface area (Å²) in [5, 5.41) is 3.05. The average Bonchev–Trinajstić information content (AvgIpc) is 2.72. The van der Waals surface area contributed by atoms with E-state index >= 15 is 0 Å². The first kappa shape index (κ1) is 20.3. The Morgan fingerprint density at radius 3 is 2.75 bits per heavy atom. The number of carbonyl (C=O) groups excluding carboxylic acids is 1. The average molecular weight is 384 g/mol. The number of hydrogen-bond acceptors (Lipinski definition) is 3. The molecular weight excluding hydrogens is 355 g/mol. The van der Waals surface area contributed by atoms with E-state index in [0.29, 0.717) is 25.4 Å². The predicted molar refractivity (Wildman–Crippen MR) is 109 cm³/mol. The molecule has 1 heterocycles. The third-order valence-electron chi connectivity index (χ3n) is 5.08. The molecule has 1 unspecified atom stereocenters. The number of rotatable bonds is 9. The molecule has 0 saturated carbocycles. The SMILES string of the molecule is O=C(CCCOc1ccccc1F)NCC1CCCN(Cc2ccccc2)C1. The molecule has 1 fully saturated rings. The van der Waals surface area contributed by atoms with Gasteiger partial charge in [-0.15, -0.1) is 0 Å². The summed E-state index contributed by atoms with van der Waals surface area (Å²) in [4.78, 5) is 14.6. The minimum absolute atomic E-state index is 0.0392. The van der Waals surface area contributed by atoms with E-state index in [1.54, 1.807) is 18.2 Å². The summed E-state index contributed by atoms with van der Waals surface area (Å²) in [6.07, 6.45) is 3.30. The monoisotopic (exact) mass is 384 g/mol. The largest absolute Gasteiger partial charge is 0.491 e. The molecule has 1 saturated heterocycles. The predicted octanol–water partition coefficient (Wildman–Crippen LogP) is 4.01. The summed E-state index contributed by atoms with van der Waals surface area (Å²) in [7, 11) is 0. The Kier molecular flexibility index (Phi) is 7.85. The van der Waals surface area contributed by atoms with E-state index in [0.717, 1.165) is 32.6 Å². The number of carbonyl (C=O) groups is 1. The van der Waals surface area contributed by atoms with Gasteiger partial charge in [-0.25, -0.2) is 4.39 Å². The number of likely N-dealkylation sites (tertiary alicyclic amines) is 1. The normalized spacial score (nSPS) is 17.2. The van der Waals surface area contributed by atoms with Gasteiger partial charge in [0.2, 0.25) is 5.91 Å². The number of halogens is 1. The summed E-state index contributed by atoms with van der Waals surface area (Å²) in [5.74, 6) is 0.404. The van der Waals surface area contributed by atoms with E-state index < -0.39 is 0 Å². The maximum absolute atomic E-state index is 13.5. The van der Waals surface area contributed by atoms with Crippen LogP contribution in [0, 0.1) is 11.7 Å². The Labute approximate surface area is 166 Å². The smallest absolute Gasteiger partial charge is 0.220 e. The molecular formula is C23H29FN2O2. The van der Waals surface area contributed by atoms with Crippen molar-refractivity contribution in [2.24, 2.45) is 5.92 Å². The van der Waals surface area contributed by atoms with Gasteiger partial charge < -0.3 is 10.1 Å². The fourth-order valence-corrected chi connectivity index (χ4v) is 3.63. The molecule has 1 atom stereocenters. The molecule has 0 aliphatic carbocycles. The van der Waals surface area contributed by atoms with Crippen LogP contribution in [0.1, 0.15) is 31.2 Å². The highest BCUT2D eigenvalue weighted by Gasteiger charge is 2.20. The van der Waals surface area contributed by atoms with Crippen molar-refractivity contribution in [3.8, 4) is 5.75 Å². The van der Waals surface area contributed by atoms with E-state index in [1.807, 2.05) is 6.07 Å². The van der Waals surface area contributed by atoms with E-state index in [-0.39, 0.29) is 17.5 Å². The quantitative estimate of drug-likeness (QED) is 0.664. The van der Waals surface area contributed by atoms with E-state index in [9.17, 15) is 9.18 Å². The van der Waals surface area contributed by atoms with Gasteiger partial charge in [-0.1, -0.05) is 42.5 Å². The Morgan fingerprint density at radius 1 is 1.14 bits per heavy atom. The van der Waals surface area contributed by atoms with Crippen molar-refractivity contribution < 1.29 is 13.9 Å². The summed E-state index contributed by atoms with van der Waals surface area (Å²) >= 11 is 0.